The van der Waals surface area contributed by atoms with Gasteiger partial charge in [-0.1, -0.05) is 77.3 Å². The molecular weight excluding hydrogens is 312 g/mol. The summed E-state index contributed by atoms with van der Waals surface area (Å²) in [6.45, 7) is 4.54. The first kappa shape index (κ1) is 19.2. The average molecular weight is 341 g/mol. The van der Waals surface area contributed by atoms with Crippen LogP contribution in [-0.2, 0) is 0 Å². The van der Waals surface area contributed by atoms with Gasteiger partial charge in [-0.2, -0.15) is 0 Å². The van der Waals surface area contributed by atoms with Crippen LogP contribution in [0.1, 0.15) is 65.2 Å². The number of fused-ring (bicyclic) bond motifs is 1. The van der Waals surface area contributed by atoms with Gasteiger partial charge in [0.2, 0.25) is 0 Å². The van der Waals surface area contributed by atoms with Gasteiger partial charge in [0, 0.05) is 0 Å². The van der Waals surface area contributed by atoms with E-state index in [1.165, 1.54) is 51.4 Å². The van der Waals surface area contributed by atoms with E-state index >= 15 is 0 Å². The van der Waals surface area contributed by atoms with Crippen molar-refractivity contribution in [2.24, 2.45) is 0 Å². The van der Waals surface area contributed by atoms with Crippen molar-refractivity contribution >= 4 is 28.0 Å². The minimum atomic E-state index is 0. The third kappa shape index (κ3) is 8.36. The van der Waals surface area contributed by atoms with Crippen molar-refractivity contribution in [2.75, 3.05) is 0 Å². The summed E-state index contributed by atoms with van der Waals surface area (Å²) in [7, 11) is 0. The summed E-state index contributed by atoms with van der Waals surface area (Å²) < 4.78 is 0. The smallest absolute Gasteiger partial charge is 0.0931 e. The van der Waals surface area contributed by atoms with Gasteiger partial charge in [0.25, 0.3) is 0 Å². The van der Waals surface area contributed by atoms with E-state index in [0.29, 0.717) is 0 Å². The lowest BCUT2D eigenvalue weighted by molar-refractivity contribution is 0.585. The molecule has 0 atom stereocenters. The van der Waals surface area contributed by atoms with E-state index in [9.17, 15) is 0 Å². The van der Waals surface area contributed by atoms with E-state index in [4.69, 9.17) is 0 Å². The lowest BCUT2D eigenvalue weighted by Gasteiger charge is -1.97. The van der Waals surface area contributed by atoms with Crippen LogP contribution in [0.25, 0.3) is 11.0 Å². The van der Waals surface area contributed by atoms with Gasteiger partial charge in [-0.3, -0.25) is 0 Å². The molecule has 0 bridgehead atoms. The summed E-state index contributed by atoms with van der Waals surface area (Å²) in [6, 6.07) is 7.94. The van der Waals surface area contributed by atoms with Crippen LogP contribution in [-0.4, -0.2) is 9.97 Å². The van der Waals surface area contributed by atoms with Crippen molar-refractivity contribution in [3.05, 3.63) is 30.6 Å². The summed E-state index contributed by atoms with van der Waals surface area (Å²) >= 11 is 0. The predicted molar refractivity (Wildman–Crippen MR) is 94.7 cm³/mol. The molecule has 20 heavy (non-hydrogen) atoms. The molecule has 2 aromatic rings. The molecule has 0 fully saturated rings. The van der Waals surface area contributed by atoms with E-state index in [1.54, 1.807) is 6.33 Å². The molecule has 0 spiro atoms. The molecule has 1 N–H and O–H groups in total. The molecule has 2 nitrogen and oxygen atoms in total. The van der Waals surface area contributed by atoms with E-state index in [-0.39, 0.29) is 17.0 Å². The van der Waals surface area contributed by atoms with Crippen LogP contribution in [0.3, 0.4) is 0 Å². The highest BCUT2D eigenvalue weighted by Gasteiger charge is 1.88. The predicted octanol–water partition coefficient (Wildman–Crippen LogP) is 6.29. The molecule has 3 heteroatoms. The summed E-state index contributed by atoms with van der Waals surface area (Å²) in [6.07, 6.45) is 13.2. The minimum absolute atomic E-state index is 0. The quantitative estimate of drug-likeness (QED) is 0.589. The van der Waals surface area contributed by atoms with Gasteiger partial charge in [0.05, 0.1) is 17.4 Å². The zero-order valence-corrected chi connectivity index (χ0v) is 14.6. The number of rotatable bonds is 7. The van der Waals surface area contributed by atoms with Crippen LogP contribution in [0.4, 0.5) is 0 Å². The first-order valence-corrected chi connectivity index (χ1v) is 7.76. The number of aromatic amines is 1. The molecule has 1 aromatic heterocycles. The fourth-order valence-electron chi connectivity index (χ4n) is 2.09. The molecule has 2 rings (SSSR count). The third-order valence-electron chi connectivity index (χ3n) is 3.28. The van der Waals surface area contributed by atoms with E-state index < -0.39 is 0 Å². The maximum atomic E-state index is 4.06. The van der Waals surface area contributed by atoms with Crippen LogP contribution < -0.4 is 0 Å². The van der Waals surface area contributed by atoms with Crippen molar-refractivity contribution in [3.8, 4) is 0 Å². The van der Waals surface area contributed by atoms with Gasteiger partial charge < -0.3 is 4.98 Å². The second-order valence-electron chi connectivity index (χ2n) is 5.04. The zero-order chi connectivity index (χ0) is 13.8. The largest absolute Gasteiger partial charge is 0.345 e. The van der Waals surface area contributed by atoms with Crippen LogP contribution >= 0.6 is 17.0 Å². The average Bonchev–Trinajstić information content (AvgIpc) is 2.92. The van der Waals surface area contributed by atoms with Gasteiger partial charge in [0.15, 0.2) is 0 Å². The molecule has 0 radical (unpaired) electrons. The first-order chi connectivity index (χ1) is 9.38. The molecule has 0 aliphatic rings. The van der Waals surface area contributed by atoms with Crippen molar-refractivity contribution < 1.29 is 0 Å². The van der Waals surface area contributed by atoms with Crippen LogP contribution in [0, 0.1) is 0 Å². The Morgan fingerprint density at radius 1 is 0.850 bits per heavy atom. The summed E-state index contributed by atoms with van der Waals surface area (Å²) in [4.78, 5) is 7.07. The maximum absolute atomic E-state index is 4.06. The molecule has 0 unspecified atom stereocenters. The number of benzene rings is 1. The number of imidazole rings is 1. The second kappa shape index (κ2) is 13.2. The molecule has 114 valence electrons. The number of halogens is 1. The van der Waals surface area contributed by atoms with E-state index in [1.807, 2.05) is 24.3 Å². The number of H-pyrrole nitrogens is 1. The summed E-state index contributed by atoms with van der Waals surface area (Å²) in [5.41, 5.74) is 2.12. The topological polar surface area (TPSA) is 28.7 Å². The Bertz CT molecular complexity index is 387. The second-order valence-corrected chi connectivity index (χ2v) is 5.04. The number of nitrogens with zero attached hydrogens (tertiary/aromatic N) is 1. The van der Waals surface area contributed by atoms with Crippen LogP contribution in [0.2, 0.25) is 0 Å². The Balaban J connectivity index is 0.000000344. The Kier molecular flexibility index (Phi) is 12.6. The fraction of sp³-hybridized carbons (Fsp3) is 0.588. The Morgan fingerprint density at radius 3 is 1.95 bits per heavy atom. The minimum Gasteiger partial charge on any atom is -0.345 e. The number of hydrogen-bond donors (Lipinski definition) is 1. The fourth-order valence-corrected chi connectivity index (χ4v) is 2.09. The third-order valence-corrected chi connectivity index (χ3v) is 3.28. The lowest BCUT2D eigenvalue weighted by atomic mass is 10.1. The van der Waals surface area contributed by atoms with E-state index in [0.717, 1.165) is 11.0 Å². The molecule has 0 aliphatic carbocycles. The van der Waals surface area contributed by atoms with Gasteiger partial charge in [0.1, 0.15) is 0 Å². The Morgan fingerprint density at radius 2 is 1.40 bits per heavy atom. The molecule has 0 amide bonds. The van der Waals surface area contributed by atoms with Crippen molar-refractivity contribution in [1.29, 1.82) is 0 Å². The lowest BCUT2D eigenvalue weighted by Crippen LogP contribution is -1.77. The molecule has 0 aliphatic heterocycles. The van der Waals surface area contributed by atoms with Gasteiger partial charge >= 0.3 is 0 Å². The summed E-state index contributed by atoms with van der Waals surface area (Å²) in [5, 5.41) is 0. The van der Waals surface area contributed by atoms with Crippen LogP contribution in [0.15, 0.2) is 30.6 Å². The number of para-hydroxylation sites is 2. The van der Waals surface area contributed by atoms with E-state index in [2.05, 4.69) is 23.8 Å². The maximum Gasteiger partial charge on any atom is 0.0931 e. The van der Waals surface area contributed by atoms with Gasteiger partial charge in [-0.05, 0) is 12.1 Å². The molecule has 1 aromatic carbocycles. The standard InChI is InChI=1S/C10H22.C7H6N2.BrH/c1-3-5-7-9-10-8-6-4-2;1-2-4-7-6(3-1)8-5-9-7;/h3-10H2,1-2H3;1-5H,(H,8,9);1H. The zero-order valence-electron chi connectivity index (χ0n) is 12.9. The van der Waals surface area contributed by atoms with Crippen molar-refractivity contribution in [1.82, 2.24) is 9.97 Å². The Labute approximate surface area is 134 Å². The van der Waals surface area contributed by atoms with Gasteiger partial charge in [-0.15, -0.1) is 17.0 Å². The van der Waals surface area contributed by atoms with Crippen molar-refractivity contribution in [2.45, 2.75) is 65.2 Å². The molecule has 1 heterocycles. The highest BCUT2D eigenvalue weighted by atomic mass is 79.9. The number of unbranched alkanes of at least 4 members (excludes halogenated alkanes) is 7. The number of hydrogen-bond acceptors (Lipinski definition) is 1. The molecular formula is C17H29BrN2. The number of nitrogens with one attached hydrogen (secondary N) is 1. The Hall–Kier alpha value is -0.830. The first-order valence-electron chi connectivity index (χ1n) is 7.76. The molecule has 0 saturated heterocycles. The summed E-state index contributed by atoms with van der Waals surface area (Å²) in [5.74, 6) is 0. The SMILES string of the molecule is Br.CCCCCCCCCC.c1ccc2[nH]cnc2c1. The molecule has 0 saturated carbocycles. The van der Waals surface area contributed by atoms with Crippen LogP contribution in [0.5, 0.6) is 0 Å². The highest BCUT2D eigenvalue weighted by Crippen LogP contribution is 2.07. The van der Waals surface area contributed by atoms with Crippen molar-refractivity contribution in [3.63, 3.8) is 0 Å². The monoisotopic (exact) mass is 340 g/mol. The number of aromatic nitrogens is 2. The van der Waals surface area contributed by atoms with Gasteiger partial charge in [-0.25, -0.2) is 4.98 Å². The highest BCUT2D eigenvalue weighted by molar-refractivity contribution is 8.93. The normalized spacial score (nSPS) is 9.70.